The van der Waals surface area contributed by atoms with Crippen molar-refractivity contribution in [3.05, 3.63) is 75.5 Å². The zero-order valence-corrected chi connectivity index (χ0v) is 19.4. The third kappa shape index (κ3) is 5.02. The van der Waals surface area contributed by atoms with Crippen molar-refractivity contribution >= 4 is 27.7 Å². The molecule has 32 heavy (non-hydrogen) atoms. The third-order valence-corrected chi connectivity index (χ3v) is 6.00. The maximum atomic E-state index is 12.9. The van der Waals surface area contributed by atoms with E-state index >= 15 is 0 Å². The molecule has 2 amide bonds. The van der Waals surface area contributed by atoms with Crippen LogP contribution in [0.5, 0.6) is 5.75 Å². The summed E-state index contributed by atoms with van der Waals surface area (Å²) in [6.07, 6.45) is 3.79. The largest absolute Gasteiger partial charge is 0.497 e. The molecule has 0 spiro atoms. The predicted molar refractivity (Wildman–Crippen MR) is 125 cm³/mol. The molecule has 3 aromatic rings. The molecule has 1 aliphatic rings. The summed E-state index contributed by atoms with van der Waals surface area (Å²) in [5.41, 5.74) is 4.32. The van der Waals surface area contributed by atoms with Crippen molar-refractivity contribution < 1.29 is 14.3 Å². The van der Waals surface area contributed by atoms with Crippen molar-refractivity contribution in [3.63, 3.8) is 0 Å². The second-order valence-electron chi connectivity index (χ2n) is 7.68. The van der Waals surface area contributed by atoms with Gasteiger partial charge in [-0.25, -0.2) is 4.68 Å². The summed E-state index contributed by atoms with van der Waals surface area (Å²) in [6, 6.07) is 15.3. The van der Waals surface area contributed by atoms with Crippen LogP contribution in [0.3, 0.4) is 0 Å². The van der Waals surface area contributed by atoms with Crippen LogP contribution in [-0.4, -0.2) is 35.2 Å². The highest BCUT2D eigenvalue weighted by Crippen LogP contribution is 2.27. The number of rotatable bonds is 7. The molecule has 0 bridgehead atoms. The van der Waals surface area contributed by atoms with Crippen molar-refractivity contribution in [2.24, 2.45) is 0 Å². The Morgan fingerprint density at radius 3 is 2.62 bits per heavy atom. The SMILES string of the molecule is COc1ccc(CNC(=O)CNC(=O)c2nn(-c3cccc(Br)c3)c3c2CCCC3)cc1. The average molecular weight is 497 g/mol. The van der Waals surface area contributed by atoms with E-state index < -0.39 is 0 Å². The van der Waals surface area contributed by atoms with Gasteiger partial charge in [-0.3, -0.25) is 9.59 Å². The van der Waals surface area contributed by atoms with Crippen molar-refractivity contribution in [1.82, 2.24) is 20.4 Å². The number of ether oxygens (including phenoxy) is 1. The Hall–Kier alpha value is -3.13. The number of benzene rings is 2. The normalized spacial score (nSPS) is 12.7. The van der Waals surface area contributed by atoms with Crippen LogP contribution >= 0.6 is 15.9 Å². The number of hydrogen-bond donors (Lipinski definition) is 2. The summed E-state index contributed by atoms with van der Waals surface area (Å²) < 4.78 is 7.94. The highest BCUT2D eigenvalue weighted by atomic mass is 79.9. The summed E-state index contributed by atoms with van der Waals surface area (Å²) >= 11 is 3.50. The quantitative estimate of drug-likeness (QED) is 0.523. The minimum absolute atomic E-state index is 0.104. The molecule has 1 aliphatic carbocycles. The number of amides is 2. The molecular weight excluding hydrogens is 472 g/mol. The molecule has 2 aromatic carbocycles. The third-order valence-electron chi connectivity index (χ3n) is 5.51. The molecule has 1 heterocycles. The number of aromatic nitrogens is 2. The smallest absolute Gasteiger partial charge is 0.272 e. The molecule has 4 rings (SSSR count). The number of carbonyl (C=O) groups is 2. The summed E-state index contributed by atoms with van der Waals surface area (Å²) in [7, 11) is 1.61. The first-order chi connectivity index (χ1) is 15.5. The number of methoxy groups -OCH3 is 1. The van der Waals surface area contributed by atoms with Crippen LogP contribution in [0.25, 0.3) is 5.69 Å². The van der Waals surface area contributed by atoms with Gasteiger partial charge in [0.15, 0.2) is 5.69 Å². The minimum atomic E-state index is -0.323. The van der Waals surface area contributed by atoms with Crippen LogP contribution < -0.4 is 15.4 Å². The van der Waals surface area contributed by atoms with E-state index in [2.05, 4.69) is 31.7 Å². The van der Waals surface area contributed by atoms with Crippen LogP contribution in [-0.2, 0) is 24.2 Å². The van der Waals surface area contributed by atoms with E-state index in [0.717, 1.165) is 58.4 Å². The Kier molecular flexibility index (Phi) is 6.90. The van der Waals surface area contributed by atoms with E-state index in [1.54, 1.807) is 7.11 Å². The molecule has 0 saturated heterocycles. The van der Waals surface area contributed by atoms with E-state index in [4.69, 9.17) is 4.74 Å². The molecular formula is C24H25BrN4O3. The van der Waals surface area contributed by atoms with Crippen LogP contribution in [0.4, 0.5) is 0 Å². The number of nitrogens with one attached hydrogen (secondary N) is 2. The molecule has 7 nitrogen and oxygen atoms in total. The second kappa shape index (κ2) is 9.99. The maximum Gasteiger partial charge on any atom is 0.272 e. The van der Waals surface area contributed by atoms with Crippen LogP contribution in [0.2, 0.25) is 0 Å². The van der Waals surface area contributed by atoms with Crippen molar-refractivity contribution in [2.75, 3.05) is 13.7 Å². The monoisotopic (exact) mass is 496 g/mol. The van der Waals surface area contributed by atoms with Gasteiger partial charge in [0.25, 0.3) is 5.91 Å². The number of hydrogen-bond acceptors (Lipinski definition) is 4. The summed E-state index contributed by atoms with van der Waals surface area (Å²) in [6.45, 7) is 0.277. The summed E-state index contributed by atoms with van der Waals surface area (Å²) in [5, 5.41) is 10.2. The van der Waals surface area contributed by atoms with Crippen LogP contribution in [0.15, 0.2) is 53.0 Å². The highest BCUT2D eigenvalue weighted by Gasteiger charge is 2.25. The van der Waals surface area contributed by atoms with Crippen LogP contribution in [0, 0.1) is 0 Å². The fourth-order valence-corrected chi connectivity index (χ4v) is 4.24. The van der Waals surface area contributed by atoms with Gasteiger partial charge in [-0.05, 0) is 61.6 Å². The van der Waals surface area contributed by atoms with Crippen molar-refractivity contribution in [2.45, 2.75) is 32.2 Å². The minimum Gasteiger partial charge on any atom is -0.497 e. The number of carbonyl (C=O) groups excluding carboxylic acids is 2. The van der Waals surface area contributed by atoms with Gasteiger partial charge < -0.3 is 15.4 Å². The first-order valence-corrected chi connectivity index (χ1v) is 11.4. The van der Waals surface area contributed by atoms with Gasteiger partial charge in [0, 0.05) is 22.3 Å². The number of nitrogens with zero attached hydrogens (tertiary/aromatic N) is 2. The first kappa shape index (κ1) is 22.1. The van der Waals surface area contributed by atoms with E-state index in [1.807, 2.05) is 53.2 Å². The molecule has 8 heteroatoms. The lowest BCUT2D eigenvalue weighted by Crippen LogP contribution is -2.37. The maximum absolute atomic E-state index is 12.9. The van der Waals surface area contributed by atoms with E-state index in [0.29, 0.717) is 12.2 Å². The molecule has 0 unspecified atom stereocenters. The van der Waals surface area contributed by atoms with Gasteiger partial charge in [-0.15, -0.1) is 0 Å². The number of halogens is 1. The molecule has 0 radical (unpaired) electrons. The Balaban J connectivity index is 1.41. The summed E-state index contributed by atoms with van der Waals surface area (Å²) in [5.74, 6) is 0.184. The van der Waals surface area contributed by atoms with Gasteiger partial charge >= 0.3 is 0 Å². The lowest BCUT2D eigenvalue weighted by molar-refractivity contribution is -0.120. The molecule has 0 atom stereocenters. The molecule has 0 saturated carbocycles. The van der Waals surface area contributed by atoms with E-state index in [9.17, 15) is 9.59 Å². The first-order valence-electron chi connectivity index (χ1n) is 10.6. The topological polar surface area (TPSA) is 85.2 Å². The van der Waals surface area contributed by atoms with Gasteiger partial charge in [-0.1, -0.05) is 34.1 Å². The molecule has 166 valence electrons. The fraction of sp³-hybridized carbons (Fsp3) is 0.292. The average Bonchev–Trinajstić information content (AvgIpc) is 3.21. The summed E-state index contributed by atoms with van der Waals surface area (Å²) in [4.78, 5) is 25.1. The Labute approximate surface area is 195 Å². The van der Waals surface area contributed by atoms with Crippen molar-refractivity contribution in [3.8, 4) is 11.4 Å². The van der Waals surface area contributed by atoms with Gasteiger partial charge in [-0.2, -0.15) is 5.10 Å². The Morgan fingerprint density at radius 1 is 1.09 bits per heavy atom. The lowest BCUT2D eigenvalue weighted by atomic mass is 9.95. The lowest BCUT2D eigenvalue weighted by Gasteiger charge is -2.14. The highest BCUT2D eigenvalue weighted by molar-refractivity contribution is 9.10. The zero-order chi connectivity index (χ0) is 22.5. The van der Waals surface area contributed by atoms with E-state index in [1.165, 1.54) is 0 Å². The standard InChI is InChI=1S/C24H25BrN4O3/c1-32-19-11-9-16(10-12-19)14-26-22(30)15-27-24(31)23-20-7-2-3-8-21(20)29(28-23)18-6-4-5-17(25)13-18/h4-6,9-13H,2-3,7-8,14-15H2,1H3,(H,26,30)(H,27,31). The van der Waals surface area contributed by atoms with Gasteiger partial charge in [0.05, 0.1) is 19.3 Å². The molecule has 0 fully saturated rings. The second-order valence-corrected chi connectivity index (χ2v) is 8.60. The molecule has 2 N–H and O–H groups in total. The fourth-order valence-electron chi connectivity index (χ4n) is 3.85. The number of fused-ring (bicyclic) bond motifs is 1. The zero-order valence-electron chi connectivity index (χ0n) is 17.9. The van der Waals surface area contributed by atoms with Gasteiger partial charge in [0.1, 0.15) is 5.75 Å². The Morgan fingerprint density at radius 2 is 1.88 bits per heavy atom. The molecule has 0 aliphatic heterocycles. The molecule has 1 aromatic heterocycles. The van der Waals surface area contributed by atoms with Gasteiger partial charge in [0.2, 0.25) is 5.91 Å². The Bertz CT molecular complexity index is 1120. The van der Waals surface area contributed by atoms with E-state index in [-0.39, 0.29) is 18.4 Å². The van der Waals surface area contributed by atoms with Crippen LogP contribution in [0.1, 0.15) is 40.2 Å². The van der Waals surface area contributed by atoms with Crippen molar-refractivity contribution in [1.29, 1.82) is 0 Å². The predicted octanol–water partition coefficient (Wildman–Crippen LogP) is 3.57.